The number of halogens is 1. The minimum absolute atomic E-state index is 0.0441. The van der Waals surface area contributed by atoms with Crippen molar-refractivity contribution in [3.63, 3.8) is 0 Å². The number of nitrogens with zero attached hydrogens (tertiary/aromatic N) is 5. The zero-order chi connectivity index (χ0) is 27.7. The van der Waals surface area contributed by atoms with Crippen LogP contribution in [0.3, 0.4) is 0 Å². The Morgan fingerprint density at radius 1 is 1.15 bits per heavy atom. The van der Waals surface area contributed by atoms with Crippen molar-refractivity contribution in [1.82, 2.24) is 30.0 Å². The molecule has 0 aliphatic heterocycles. The van der Waals surface area contributed by atoms with Crippen molar-refractivity contribution in [3.8, 4) is 16.2 Å². The minimum Gasteiger partial charge on any atom is -0.486 e. The number of ether oxygens (including phenoxy) is 1. The van der Waals surface area contributed by atoms with Crippen LogP contribution >= 0.6 is 22.9 Å². The van der Waals surface area contributed by atoms with Gasteiger partial charge < -0.3 is 15.4 Å². The molecule has 0 saturated heterocycles. The third kappa shape index (κ3) is 5.66. The van der Waals surface area contributed by atoms with Crippen molar-refractivity contribution in [3.05, 3.63) is 77.1 Å². The lowest BCUT2D eigenvalue weighted by molar-refractivity contribution is 0.301. The fraction of sp³-hybridized carbons (Fsp3) is 0.259. The molecule has 1 aliphatic carbocycles. The number of sulfone groups is 1. The monoisotopic (exact) mass is 595 g/mol. The van der Waals surface area contributed by atoms with Gasteiger partial charge in [0.1, 0.15) is 29.3 Å². The first-order valence-electron chi connectivity index (χ1n) is 12.6. The van der Waals surface area contributed by atoms with Gasteiger partial charge in [-0.3, -0.25) is 9.67 Å². The van der Waals surface area contributed by atoms with Crippen molar-refractivity contribution in [1.29, 1.82) is 0 Å². The van der Waals surface area contributed by atoms with Crippen LogP contribution < -0.4 is 15.4 Å². The maximum atomic E-state index is 11.4. The maximum absolute atomic E-state index is 11.4. The second kappa shape index (κ2) is 11.1. The summed E-state index contributed by atoms with van der Waals surface area (Å²) in [6, 6.07) is 11.2. The van der Waals surface area contributed by atoms with E-state index in [9.17, 15) is 8.42 Å². The number of rotatable bonds is 10. The third-order valence-corrected chi connectivity index (χ3v) is 8.75. The smallest absolute Gasteiger partial charge is 0.160 e. The van der Waals surface area contributed by atoms with Gasteiger partial charge in [-0.1, -0.05) is 17.7 Å². The number of aryl methyl sites for hydroxylation is 1. The van der Waals surface area contributed by atoms with Crippen LogP contribution in [-0.2, 0) is 35.8 Å². The number of hydrogen-bond acceptors (Lipinski definition) is 10. The Bertz CT molecular complexity index is 1790. The van der Waals surface area contributed by atoms with Crippen molar-refractivity contribution in [2.24, 2.45) is 0 Å². The molecule has 6 rings (SSSR count). The quantitative estimate of drug-likeness (QED) is 0.223. The van der Waals surface area contributed by atoms with Gasteiger partial charge in [-0.2, -0.15) is 5.10 Å². The molecular formula is C27H26ClN7O3S2. The Labute approximate surface area is 240 Å². The molecule has 206 valence electrons. The van der Waals surface area contributed by atoms with Gasteiger partial charge in [0.2, 0.25) is 0 Å². The van der Waals surface area contributed by atoms with Crippen LogP contribution in [0.2, 0.25) is 5.02 Å². The highest BCUT2D eigenvalue weighted by Gasteiger charge is 2.27. The van der Waals surface area contributed by atoms with E-state index in [1.165, 1.54) is 11.8 Å². The molecule has 13 heteroatoms. The number of nitrogens with one attached hydrogen (secondary N) is 2. The first-order chi connectivity index (χ1) is 19.4. The molecule has 0 unspecified atom stereocenters. The molecule has 10 nitrogen and oxygen atoms in total. The van der Waals surface area contributed by atoms with E-state index in [2.05, 4.69) is 30.7 Å². The highest BCUT2D eigenvalue weighted by Crippen LogP contribution is 2.45. The Morgan fingerprint density at radius 2 is 2.05 bits per heavy atom. The number of benzene rings is 1. The van der Waals surface area contributed by atoms with Gasteiger partial charge in [0.15, 0.2) is 9.84 Å². The zero-order valence-electron chi connectivity index (χ0n) is 21.6. The fourth-order valence-corrected chi connectivity index (χ4v) is 6.72. The van der Waals surface area contributed by atoms with E-state index < -0.39 is 9.84 Å². The highest BCUT2D eigenvalue weighted by molar-refractivity contribution is 7.90. The molecule has 0 bridgehead atoms. The summed E-state index contributed by atoms with van der Waals surface area (Å²) >= 11 is 8.17. The molecule has 1 aliphatic rings. The molecule has 0 fully saturated rings. The molecule has 0 atom stereocenters. The first-order valence-corrected chi connectivity index (χ1v) is 15.9. The number of hydrogen-bond donors (Lipinski definition) is 2. The molecule has 1 aromatic carbocycles. The zero-order valence-corrected chi connectivity index (χ0v) is 24.0. The Morgan fingerprint density at radius 3 is 2.85 bits per heavy atom. The molecule has 40 heavy (non-hydrogen) atoms. The summed E-state index contributed by atoms with van der Waals surface area (Å²) in [5.41, 5.74) is 5.06. The van der Waals surface area contributed by atoms with Crippen LogP contribution in [0.4, 0.5) is 11.5 Å². The van der Waals surface area contributed by atoms with E-state index in [-0.39, 0.29) is 5.88 Å². The van der Waals surface area contributed by atoms with E-state index >= 15 is 0 Å². The largest absolute Gasteiger partial charge is 0.486 e. The minimum atomic E-state index is -3.06. The Balaban J connectivity index is 1.21. The van der Waals surface area contributed by atoms with Gasteiger partial charge >= 0.3 is 0 Å². The van der Waals surface area contributed by atoms with Crippen molar-refractivity contribution < 1.29 is 13.2 Å². The van der Waals surface area contributed by atoms with Crippen molar-refractivity contribution in [2.45, 2.75) is 26.0 Å². The topological polar surface area (TPSA) is 124 Å². The summed E-state index contributed by atoms with van der Waals surface area (Å²) in [4.78, 5) is 15.4. The summed E-state index contributed by atoms with van der Waals surface area (Å²) in [5, 5.41) is 12.5. The Kier molecular flexibility index (Phi) is 7.41. The summed E-state index contributed by atoms with van der Waals surface area (Å²) in [6.45, 7) is 1.45. The van der Waals surface area contributed by atoms with E-state index in [1.807, 2.05) is 47.3 Å². The SMILES string of the molecule is CS(=O)(=O)CNCCn1ncc2c1CCc1c-2sc2ncnc(Nc3ccc(OCc4ccccn4)c(Cl)c3)c12. The lowest BCUT2D eigenvalue weighted by Gasteiger charge is -2.16. The number of aromatic nitrogens is 5. The summed E-state index contributed by atoms with van der Waals surface area (Å²) < 4.78 is 30.6. The lowest BCUT2D eigenvalue weighted by atomic mass is 9.95. The molecular weight excluding hydrogens is 570 g/mol. The second-order valence-electron chi connectivity index (χ2n) is 9.49. The number of thiophene rings is 1. The van der Waals surface area contributed by atoms with Crippen molar-refractivity contribution in [2.75, 3.05) is 24.0 Å². The van der Waals surface area contributed by atoms with Crippen LogP contribution in [0.5, 0.6) is 5.75 Å². The van der Waals surface area contributed by atoms with Gasteiger partial charge in [-0.15, -0.1) is 11.3 Å². The van der Waals surface area contributed by atoms with E-state index in [0.717, 1.165) is 56.4 Å². The Hall–Kier alpha value is -3.58. The van der Waals surface area contributed by atoms with Gasteiger partial charge in [-0.25, -0.2) is 18.4 Å². The second-order valence-corrected chi connectivity index (χ2v) is 13.0. The number of pyridine rings is 1. The molecule has 4 aromatic heterocycles. The van der Waals surface area contributed by atoms with E-state index in [1.54, 1.807) is 23.9 Å². The van der Waals surface area contributed by atoms with Crippen LogP contribution in [0.15, 0.2) is 55.1 Å². The predicted molar refractivity (Wildman–Crippen MR) is 157 cm³/mol. The standard InChI is InChI=1S/C27H26ClN7O3S2/c1-40(36,37)16-29-10-11-35-22-7-6-19-24-26(31-15-32-27(24)39-25(19)20(22)13-33-35)34-17-5-8-23(21(28)12-17)38-14-18-4-2-3-9-30-18/h2-5,8-9,12-13,15,29H,6-7,10-11,14,16H2,1H3,(H,31,32,34). The summed E-state index contributed by atoms with van der Waals surface area (Å²) in [7, 11) is -3.06. The lowest BCUT2D eigenvalue weighted by Crippen LogP contribution is -2.27. The van der Waals surface area contributed by atoms with Gasteiger partial charge in [0, 0.05) is 40.8 Å². The maximum Gasteiger partial charge on any atom is 0.160 e. The first kappa shape index (κ1) is 26.6. The van der Waals surface area contributed by atoms with Gasteiger partial charge in [0.25, 0.3) is 0 Å². The molecule has 0 radical (unpaired) electrons. The average molecular weight is 596 g/mol. The van der Waals surface area contributed by atoms with Crippen molar-refractivity contribution >= 4 is 54.5 Å². The molecule has 0 amide bonds. The average Bonchev–Trinajstić information content (AvgIpc) is 3.52. The summed E-state index contributed by atoms with van der Waals surface area (Å²) in [5.74, 6) is 1.26. The van der Waals surface area contributed by atoms with E-state index in [4.69, 9.17) is 16.3 Å². The number of fused-ring (bicyclic) bond motifs is 5. The highest BCUT2D eigenvalue weighted by atomic mass is 35.5. The van der Waals surface area contributed by atoms with Gasteiger partial charge in [-0.05, 0) is 48.7 Å². The molecule has 0 saturated carbocycles. The van der Waals surface area contributed by atoms with Crippen LogP contribution in [0.25, 0.3) is 20.7 Å². The number of anilines is 2. The summed E-state index contributed by atoms with van der Waals surface area (Å²) in [6.07, 6.45) is 8.05. The van der Waals surface area contributed by atoms with Gasteiger partial charge in [0.05, 0.1) is 34.7 Å². The molecule has 2 N–H and O–H groups in total. The fourth-order valence-electron chi connectivity index (χ4n) is 4.75. The van der Waals surface area contributed by atoms with Crippen LogP contribution in [0, 0.1) is 0 Å². The third-order valence-electron chi connectivity index (χ3n) is 6.55. The molecule has 4 heterocycles. The molecule has 0 spiro atoms. The van der Waals surface area contributed by atoms with Crippen LogP contribution in [-0.4, -0.2) is 51.8 Å². The van der Waals surface area contributed by atoms with Crippen LogP contribution in [0.1, 0.15) is 17.0 Å². The molecule has 5 aromatic rings. The van der Waals surface area contributed by atoms with E-state index in [0.29, 0.717) is 30.5 Å². The predicted octanol–water partition coefficient (Wildman–Crippen LogP) is 4.62. The normalized spacial score (nSPS) is 12.8.